The maximum atomic E-state index is 13.1. The van der Waals surface area contributed by atoms with Crippen molar-refractivity contribution < 1.29 is 12.0 Å². The summed E-state index contributed by atoms with van der Waals surface area (Å²) >= 11 is 0. The van der Waals surface area contributed by atoms with Crippen molar-refractivity contribution in [1.82, 2.24) is 15.0 Å². The highest BCUT2D eigenvalue weighted by Crippen LogP contribution is 2.19. The fourth-order valence-corrected chi connectivity index (χ4v) is 2.01. The minimum absolute atomic E-state index is 0. The Balaban J connectivity index is 0.00000121. The van der Waals surface area contributed by atoms with Crippen molar-refractivity contribution in [3.05, 3.63) is 54.2 Å². The highest BCUT2D eigenvalue weighted by molar-refractivity contribution is 5.94. The van der Waals surface area contributed by atoms with E-state index in [2.05, 4.69) is 20.3 Å². The van der Waals surface area contributed by atoms with E-state index < -0.39 is 0 Å². The van der Waals surface area contributed by atoms with Crippen LogP contribution in [0.2, 0.25) is 0 Å². The Morgan fingerprint density at radius 1 is 1.35 bits per heavy atom. The fraction of sp³-hybridized carbons (Fsp3) is 0.0714. The number of rotatable bonds is 3. The first-order valence-corrected chi connectivity index (χ1v) is 6.05. The molecule has 5 nitrogen and oxygen atoms in total. The molecule has 20 heavy (non-hydrogen) atoms. The van der Waals surface area contributed by atoms with Crippen LogP contribution in [0.3, 0.4) is 0 Å². The third-order valence-electron chi connectivity index (χ3n) is 2.90. The van der Waals surface area contributed by atoms with Gasteiger partial charge in [-0.15, -0.1) is 0 Å². The summed E-state index contributed by atoms with van der Waals surface area (Å²) in [5.74, 6) is -0.266. The lowest BCUT2D eigenvalue weighted by molar-refractivity contribution is -0.115. The average Bonchev–Trinajstić information content (AvgIpc) is 2.82. The van der Waals surface area contributed by atoms with E-state index in [9.17, 15) is 9.18 Å². The molecule has 1 amide bonds. The molecule has 0 unspecified atom stereocenters. The third-order valence-corrected chi connectivity index (χ3v) is 2.90. The molecular formula is C14H15FN4O. The molecule has 0 atom stereocenters. The zero-order valence-electron chi connectivity index (χ0n) is 10.4. The Bertz CT molecular complexity index is 764. The molecule has 0 aliphatic rings. The molecule has 0 bridgehead atoms. The van der Waals surface area contributed by atoms with Crippen LogP contribution < -0.4 is 5.32 Å². The number of halogens is 1. The van der Waals surface area contributed by atoms with E-state index in [1.165, 1.54) is 12.1 Å². The SMILES string of the molecule is O=C(Cc1c[nH]c2cc(F)ccc12)Nc1ncccn1.[HH].[HH]. The molecule has 0 saturated carbocycles. The van der Waals surface area contributed by atoms with Crippen molar-refractivity contribution in [2.45, 2.75) is 6.42 Å². The summed E-state index contributed by atoms with van der Waals surface area (Å²) < 4.78 is 13.1. The normalized spacial score (nSPS) is 10.7. The van der Waals surface area contributed by atoms with Gasteiger partial charge in [0.05, 0.1) is 6.42 Å². The van der Waals surface area contributed by atoms with Gasteiger partial charge in [0.2, 0.25) is 11.9 Å². The molecule has 0 spiro atoms. The van der Waals surface area contributed by atoms with Crippen molar-refractivity contribution in [2.75, 3.05) is 5.32 Å². The zero-order valence-corrected chi connectivity index (χ0v) is 10.4. The van der Waals surface area contributed by atoms with E-state index in [-0.39, 0.29) is 26.9 Å². The largest absolute Gasteiger partial charge is 0.361 e. The van der Waals surface area contributed by atoms with E-state index in [1.54, 1.807) is 30.7 Å². The van der Waals surface area contributed by atoms with E-state index in [4.69, 9.17) is 0 Å². The summed E-state index contributed by atoms with van der Waals surface area (Å²) in [7, 11) is 0. The number of nitrogens with zero attached hydrogens (tertiary/aromatic N) is 2. The van der Waals surface area contributed by atoms with Gasteiger partial charge in [-0.3, -0.25) is 10.1 Å². The number of anilines is 1. The van der Waals surface area contributed by atoms with Crippen LogP contribution in [0.4, 0.5) is 10.3 Å². The molecule has 0 saturated heterocycles. The molecule has 2 N–H and O–H groups in total. The summed E-state index contributed by atoms with van der Waals surface area (Å²) in [5.41, 5.74) is 1.47. The number of aromatic nitrogens is 3. The lowest BCUT2D eigenvalue weighted by atomic mass is 10.1. The second kappa shape index (κ2) is 5.08. The molecule has 104 valence electrons. The number of H-pyrrole nitrogens is 1. The first kappa shape index (κ1) is 12.3. The van der Waals surface area contributed by atoms with Gasteiger partial charge < -0.3 is 4.98 Å². The molecule has 1 aromatic carbocycles. The van der Waals surface area contributed by atoms with Crippen LogP contribution in [0.5, 0.6) is 0 Å². The van der Waals surface area contributed by atoms with Gasteiger partial charge in [0.15, 0.2) is 0 Å². The summed E-state index contributed by atoms with van der Waals surface area (Å²) in [6, 6.07) is 6.10. The highest BCUT2D eigenvalue weighted by atomic mass is 19.1. The van der Waals surface area contributed by atoms with Gasteiger partial charge in [-0.2, -0.15) is 0 Å². The monoisotopic (exact) mass is 274 g/mol. The number of amides is 1. The molecule has 0 aliphatic heterocycles. The Morgan fingerprint density at radius 3 is 2.95 bits per heavy atom. The van der Waals surface area contributed by atoms with Crippen molar-refractivity contribution in [3.8, 4) is 0 Å². The van der Waals surface area contributed by atoms with Crippen LogP contribution >= 0.6 is 0 Å². The second-order valence-electron chi connectivity index (χ2n) is 4.30. The number of fused-ring (bicyclic) bond motifs is 1. The minimum Gasteiger partial charge on any atom is -0.361 e. The predicted octanol–water partition coefficient (Wildman–Crippen LogP) is 2.77. The van der Waals surface area contributed by atoms with Gasteiger partial charge in [-0.1, -0.05) is 0 Å². The predicted molar refractivity (Wildman–Crippen MR) is 76.9 cm³/mol. The Hall–Kier alpha value is -2.76. The molecule has 3 aromatic rings. The van der Waals surface area contributed by atoms with Gasteiger partial charge in [0.25, 0.3) is 0 Å². The molecule has 0 fully saturated rings. The second-order valence-corrected chi connectivity index (χ2v) is 4.30. The van der Waals surface area contributed by atoms with Crippen molar-refractivity contribution in [3.63, 3.8) is 0 Å². The number of nitrogens with one attached hydrogen (secondary N) is 2. The van der Waals surface area contributed by atoms with E-state index in [1.807, 2.05) is 0 Å². The van der Waals surface area contributed by atoms with Crippen LogP contribution in [0, 0.1) is 5.82 Å². The first-order chi connectivity index (χ1) is 9.72. The highest BCUT2D eigenvalue weighted by Gasteiger charge is 2.10. The van der Waals surface area contributed by atoms with E-state index in [0.29, 0.717) is 5.52 Å². The molecule has 0 aliphatic carbocycles. The lowest BCUT2D eigenvalue weighted by Gasteiger charge is -2.02. The van der Waals surface area contributed by atoms with Crippen LogP contribution in [-0.4, -0.2) is 20.9 Å². The van der Waals surface area contributed by atoms with E-state index >= 15 is 0 Å². The van der Waals surface area contributed by atoms with Crippen molar-refractivity contribution >= 4 is 22.8 Å². The maximum absolute atomic E-state index is 13.1. The lowest BCUT2D eigenvalue weighted by Crippen LogP contribution is -2.15. The Labute approximate surface area is 116 Å². The molecule has 3 rings (SSSR count). The molecule has 0 radical (unpaired) electrons. The Morgan fingerprint density at radius 2 is 2.15 bits per heavy atom. The van der Waals surface area contributed by atoms with Gasteiger partial charge >= 0.3 is 0 Å². The summed E-state index contributed by atoms with van der Waals surface area (Å²) in [5, 5.41) is 3.44. The topological polar surface area (TPSA) is 70.7 Å². The first-order valence-electron chi connectivity index (χ1n) is 6.05. The smallest absolute Gasteiger partial charge is 0.231 e. The number of hydrogen-bond acceptors (Lipinski definition) is 3. The fourth-order valence-electron chi connectivity index (χ4n) is 2.01. The van der Waals surface area contributed by atoms with Gasteiger partial charge in [-0.05, 0) is 29.8 Å². The van der Waals surface area contributed by atoms with Gasteiger partial charge in [-0.25, -0.2) is 14.4 Å². The quantitative estimate of drug-likeness (QED) is 0.771. The van der Waals surface area contributed by atoms with Crippen LogP contribution in [0.1, 0.15) is 8.42 Å². The number of benzene rings is 1. The Kier molecular flexibility index (Phi) is 3.12. The van der Waals surface area contributed by atoms with Crippen LogP contribution in [0.25, 0.3) is 10.9 Å². The number of aromatic amines is 1. The van der Waals surface area contributed by atoms with Crippen LogP contribution in [-0.2, 0) is 11.2 Å². The van der Waals surface area contributed by atoms with Crippen molar-refractivity contribution in [1.29, 1.82) is 0 Å². The minimum atomic E-state index is -0.312. The molecule has 2 heterocycles. The standard InChI is InChI=1S/C14H11FN4O.2H2/c15-10-2-3-11-9(8-18-12(11)7-10)6-13(20)19-14-16-4-1-5-17-14;;/h1-5,7-8,18H,6H2,(H,16,17,19,20);2*1H. The summed E-state index contributed by atoms with van der Waals surface area (Å²) in [4.78, 5) is 22.7. The number of carbonyl (C=O) groups is 1. The summed E-state index contributed by atoms with van der Waals surface area (Å²) in [6.07, 6.45) is 4.98. The zero-order chi connectivity index (χ0) is 13.9. The summed E-state index contributed by atoms with van der Waals surface area (Å²) in [6.45, 7) is 0. The number of carbonyl (C=O) groups excluding carboxylic acids is 1. The number of hydrogen-bond donors (Lipinski definition) is 2. The van der Waals surface area contributed by atoms with Crippen molar-refractivity contribution in [2.24, 2.45) is 0 Å². The van der Waals surface area contributed by atoms with Gasteiger partial charge in [0, 0.05) is 32.3 Å². The molecule has 6 heteroatoms. The molecular weight excluding hydrogens is 259 g/mol. The maximum Gasteiger partial charge on any atom is 0.231 e. The molecule has 2 aromatic heterocycles. The van der Waals surface area contributed by atoms with Gasteiger partial charge in [0.1, 0.15) is 5.82 Å². The van der Waals surface area contributed by atoms with Crippen LogP contribution in [0.15, 0.2) is 42.9 Å². The van der Waals surface area contributed by atoms with E-state index in [0.717, 1.165) is 10.9 Å². The third kappa shape index (κ3) is 2.49. The average molecular weight is 274 g/mol.